The Morgan fingerprint density at radius 3 is 2.83 bits per heavy atom. The fraction of sp³-hybridized carbons (Fsp3) is 0.538. The van der Waals surface area contributed by atoms with Gasteiger partial charge in [-0.3, -0.25) is 0 Å². The number of nitrogens with one attached hydrogen (secondary N) is 1. The van der Waals surface area contributed by atoms with E-state index in [0.29, 0.717) is 6.04 Å². The zero-order chi connectivity index (χ0) is 13.1. The second-order valence-corrected chi connectivity index (χ2v) is 5.56. The van der Waals surface area contributed by atoms with Crippen LogP contribution in [0.5, 0.6) is 0 Å². The first-order valence-corrected chi connectivity index (χ1v) is 7.12. The summed E-state index contributed by atoms with van der Waals surface area (Å²) in [6.07, 6.45) is 1.12. The van der Waals surface area contributed by atoms with Crippen LogP contribution in [0, 0.1) is 6.92 Å². The molecule has 5 heteroatoms. The summed E-state index contributed by atoms with van der Waals surface area (Å²) in [6, 6.07) is 2.60. The normalized spacial score (nSPS) is 13.2. The molecule has 0 unspecified atom stereocenters. The van der Waals surface area contributed by atoms with E-state index in [-0.39, 0.29) is 0 Å². The Labute approximate surface area is 112 Å². The Balaban J connectivity index is 2.18. The van der Waals surface area contributed by atoms with Gasteiger partial charge in [0.2, 0.25) is 0 Å². The van der Waals surface area contributed by atoms with Gasteiger partial charge in [0.25, 0.3) is 0 Å². The molecule has 0 amide bonds. The topological polar surface area (TPSA) is 41.1 Å². The Morgan fingerprint density at radius 1 is 1.39 bits per heavy atom. The van der Waals surface area contributed by atoms with Gasteiger partial charge in [-0.25, -0.2) is 9.97 Å². The number of aryl methyl sites for hydroxylation is 1. The summed E-state index contributed by atoms with van der Waals surface area (Å²) >= 11 is 1.66. The summed E-state index contributed by atoms with van der Waals surface area (Å²) in [5.74, 6) is 1.78. The van der Waals surface area contributed by atoms with Gasteiger partial charge >= 0.3 is 0 Å². The van der Waals surface area contributed by atoms with Gasteiger partial charge in [-0.1, -0.05) is 6.92 Å². The van der Waals surface area contributed by atoms with Crippen molar-refractivity contribution in [3.8, 4) is 0 Å². The molecule has 2 aromatic heterocycles. The van der Waals surface area contributed by atoms with E-state index in [0.717, 1.165) is 34.8 Å². The summed E-state index contributed by atoms with van der Waals surface area (Å²) in [5.41, 5.74) is 0. The Morgan fingerprint density at radius 2 is 2.17 bits per heavy atom. The van der Waals surface area contributed by atoms with E-state index >= 15 is 0 Å². The number of rotatable bonds is 5. The molecule has 0 bridgehead atoms. The molecular formula is C13H20N4S. The van der Waals surface area contributed by atoms with Crippen molar-refractivity contribution in [2.75, 3.05) is 26.0 Å². The van der Waals surface area contributed by atoms with Gasteiger partial charge in [0.05, 0.1) is 5.39 Å². The quantitative estimate of drug-likeness (QED) is 0.901. The lowest BCUT2D eigenvalue weighted by Gasteiger charge is -2.23. The summed E-state index contributed by atoms with van der Waals surface area (Å²) in [6.45, 7) is 5.05. The van der Waals surface area contributed by atoms with Crippen molar-refractivity contribution in [1.29, 1.82) is 0 Å². The van der Waals surface area contributed by atoms with Crippen LogP contribution in [-0.4, -0.2) is 41.5 Å². The highest BCUT2D eigenvalue weighted by atomic mass is 32.1. The zero-order valence-corrected chi connectivity index (χ0v) is 12.2. The van der Waals surface area contributed by atoms with Crippen LogP contribution < -0.4 is 5.32 Å². The molecule has 0 radical (unpaired) electrons. The highest BCUT2D eigenvalue weighted by Crippen LogP contribution is 2.24. The minimum atomic E-state index is 0.522. The first-order chi connectivity index (χ1) is 8.61. The second-order valence-electron chi connectivity index (χ2n) is 4.67. The molecule has 2 aromatic rings. The third-order valence-corrected chi connectivity index (χ3v) is 3.95. The van der Waals surface area contributed by atoms with Gasteiger partial charge in [0.15, 0.2) is 0 Å². The van der Waals surface area contributed by atoms with Crippen molar-refractivity contribution in [2.24, 2.45) is 0 Å². The van der Waals surface area contributed by atoms with Crippen LogP contribution in [0.3, 0.4) is 0 Å². The van der Waals surface area contributed by atoms with Crippen LogP contribution in [0.15, 0.2) is 11.4 Å². The highest BCUT2D eigenvalue weighted by molar-refractivity contribution is 7.16. The Hall–Kier alpha value is -1.20. The second kappa shape index (κ2) is 5.63. The average Bonchev–Trinajstić information content (AvgIpc) is 2.77. The zero-order valence-electron chi connectivity index (χ0n) is 11.4. The summed E-state index contributed by atoms with van der Waals surface area (Å²) in [5, 5.41) is 6.65. The molecule has 0 spiro atoms. The smallest absolute Gasteiger partial charge is 0.138 e. The number of likely N-dealkylation sites (N-methyl/N-ethyl adjacent to an activating group) is 1. The highest BCUT2D eigenvalue weighted by Gasteiger charge is 2.11. The first kappa shape index (κ1) is 13.2. The minimum Gasteiger partial charge on any atom is -0.368 e. The van der Waals surface area contributed by atoms with E-state index in [1.54, 1.807) is 11.3 Å². The Bertz CT molecular complexity index is 521. The van der Waals surface area contributed by atoms with Crippen molar-refractivity contribution in [1.82, 2.24) is 14.9 Å². The van der Waals surface area contributed by atoms with Crippen LogP contribution >= 0.6 is 11.3 Å². The van der Waals surface area contributed by atoms with Gasteiger partial charge in [-0.05, 0) is 38.9 Å². The maximum absolute atomic E-state index is 4.51. The molecule has 0 aromatic carbocycles. The number of hydrogen-bond acceptors (Lipinski definition) is 5. The molecule has 0 aliphatic heterocycles. The fourth-order valence-electron chi connectivity index (χ4n) is 2.00. The first-order valence-electron chi connectivity index (χ1n) is 6.24. The van der Waals surface area contributed by atoms with E-state index in [1.807, 2.05) is 6.92 Å². The van der Waals surface area contributed by atoms with E-state index in [2.05, 4.69) is 52.7 Å². The number of nitrogens with zero attached hydrogens (tertiary/aromatic N) is 3. The van der Waals surface area contributed by atoms with Crippen molar-refractivity contribution in [3.05, 3.63) is 17.3 Å². The molecule has 4 nitrogen and oxygen atoms in total. The third-order valence-electron chi connectivity index (χ3n) is 3.14. The largest absolute Gasteiger partial charge is 0.368 e. The van der Waals surface area contributed by atoms with E-state index in [4.69, 9.17) is 0 Å². The van der Waals surface area contributed by atoms with E-state index < -0.39 is 0 Å². The van der Waals surface area contributed by atoms with Gasteiger partial charge in [0, 0.05) is 12.6 Å². The number of anilines is 1. The third kappa shape index (κ3) is 2.79. The maximum Gasteiger partial charge on any atom is 0.138 e. The molecule has 0 aliphatic rings. The molecule has 1 atom stereocenters. The van der Waals surface area contributed by atoms with Crippen LogP contribution in [-0.2, 0) is 0 Å². The predicted molar refractivity (Wildman–Crippen MR) is 78.4 cm³/mol. The SMILES string of the molecule is CC[C@@H](CNc1nc(C)nc2sccc12)N(C)C. The van der Waals surface area contributed by atoms with Gasteiger partial charge in [-0.15, -0.1) is 11.3 Å². The summed E-state index contributed by atoms with van der Waals surface area (Å²) < 4.78 is 0. The lowest BCUT2D eigenvalue weighted by Crippen LogP contribution is -2.34. The number of hydrogen-bond donors (Lipinski definition) is 1. The van der Waals surface area contributed by atoms with Crippen LogP contribution in [0.1, 0.15) is 19.2 Å². The van der Waals surface area contributed by atoms with Crippen LogP contribution in [0.2, 0.25) is 0 Å². The molecule has 0 aliphatic carbocycles. The Kier molecular flexibility index (Phi) is 4.14. The maximum atomic E-state index is 4.51. The van der Waals surface area contributed by atoms with E-state index in [1.165, 1.54) is 0 Å². The molecular weight excluding hydrogens is 244 g/mol. The molecule has 2 rings (SSSR count). The molecule has 0 saturated heterocycles. The summed E-state index contributed by atoms with van der Waals surface area (Å²) in [4.78, 5) is 12.2. The molecule has 18 heavy (non-hydrogen) atoms. The fourth-order valence-corrected chi connectivity index (χ4v) is 2.81. The summed E-state index contributed by atoms with van der Waals surface area (Å²) in [7, 11) is 4.22. The van der Waals surface area contributed by atoms with Gasteiger partial charge < -0.3 is 10.2 Å². The minimum absolute atomic E-state index is 0.522. The molecule has 2 heterocycles. The van der Waals surface area contributed by atoms with Crippen molar-refractivity contribution >= 4 is 27.4 Å². The van der Waals surface area contributed by atoms with Gasteiger partial charge in [-0.2, -0.15) is 0 Å². The standard InChI is InChI=1S/C13H20N4S/c1-5-10(17(3)4)8-14-12-11-6-7-18-13(11)16-9(2)15-12/h6-7,10H,5,8H2,1-4H3,(H,14,15,16)/t10-/m0/s1. The van der Waals surface area contributed by atoms with Crippen LogP contribution in [0.25, 0.3) is 10.2 Å². The van der Waals surface area contributed by atoms with Crippen molar-refractivity contribution in [2.45, 2.75) is 26.3 Å². The number of fused-ring (bicyclic) bond motifs is 1. The van der Waals surface area contributed by atoms with Crippen LogP contribution in [0.4, 0.5) is 5.82 Å². The number of aromatic nitrogens is 2. The lowest BCUT2D eigenvalue weighted by atomic mass is 10.2. The van der Waals surface area contributed by atoms with E-state index in [9.17, 15) is 0 Å². The van der Waals surface area contributed by atoms with Crippen molar-refractivity contribution < 1.29 is 0 Å². The predicted octanol–water partition coefficient (Wildman–Crippen LogP) is 2.75. The van der Waals surface area contributed by atoms with Gasteiger partial charge in [0.1, 0.15) is 16.5 Å². The lowest BCUT2D eigenvalue weighted by molar-refractivity contribution is 0.298. The monoisotopic (exact) mass is 264 g/mol. The average molecular weight is 264 g/mol. The number of thiophene rings is 1. The van der Waals surface area contributed by atoms with Crippen molar-refractivity contribution in [3.63, 3.8) is 0 Å². The molecule has 0 fully saturated rings. The molecule has 98 valence electrons. The molecule has 1 N–H and O–H groups in total. The molecule has 0 saturated carbocycles.